The zero-order valence-corrected chi connectivity index (χ0v) is 14.0. The number of hydrogen-bond acceptors (Lipinski definition) is 4. The van der Waals surface area contributed by atoms with Crippen LogP contribution in [-0.2, 0) is 0 Å². The van der Waals surface area contributed by atoms with Gasteiger partial charge in [0, 0.05) is 11.8 Å². The summed E-state index contributed by atoms with van der Waals surface area (Å²) >= 11 is 0. The second-order valence-corrected chi connectivity index (χ2v) is 5.23. The molecule has 0 saturated carbocycles. The smallest absolute Gasteiger partial charge is 0.330 e. The van der Waals surface area contributed by atoms with Crippen molar-refractivity contribution in [2.24, 2.45) is 0 Å². The van der Waals surface area contributed by atoms with Crippen molar-refractivity contribution in [2.45, 2.75) is 0 Å². The van der Waals surface area contributed by atoms with Gasteiger partial charge in [-0.05, 0) is 36.4 Å². The number of aromatic nitrogens is 2. The van der Waals surface area contributed by atoms with Crippen LogP contribution in [0, 0.1) is 5.82 Å². The van der Waals surface area contributed by atoms with E-state index in [0.717, 1.165) is 0 Å². The summed E-state index contributed by atoms with van der Waals surface area (Å²) in [6.07, 6.45) is 1.64. The lowest BCUT2D eigenvalue weighted by molar-refractivity contribution is 0.324. The van der Waals surface area contributed by atoms with Gasteiger partial charge in [-0.2, -0.15) is 0 Å². The number of aromatic amines is 1. The van der Waals surface area contributed by atoms with E-state index in [0.29, 0.717) is 34.2 Å². The number of methoxy groups -OCH3 is 3. The third-order valence-corrected chi connectivity index (χ3v) is 3.80. The molecule has 0 saturated heterocycles. The minimum absolute atomic E-state index is 0.338. The number of ether oxygens (including phenoxy) is 3. The monoisotopic (exact) mass is 344 g/mol. The van der Waals surface area contributed by atoms with Crippen LogP contribution in [0.25, 0.3) is 16.9 Å². The van der Waals surface area contributed by atoms with Gasteiger partial charge in [-0.25, -0.2) is 9.18 Å². The molecule has 0 aliphatic heterocycles. The van der Waals surface area contributed by atoms with Crippen LogP contribution in [0.5, 0.6) is 17.2 Å². The number of benzene rings is 2. The van der Waals surface area contributed by atoms with Gasteiger partial charge in [0.05, 0.1) is 32.7 Å². The molecule has 3 rings (SSSR count). The molecule has 0 amide bonds. The number of H-pyrrole nitrogens is 1. The van der Waals surface area contributed by atoms with Gasteiger partial charge in [0.15, 0.2) is 11.5 Å². The molecule has 2 aromatic carbocycles. The second-order valence-electron chi connectivity index (χ2n) is 5.23. The van der Waals surface area contributed by atoms with Crippen molar-refractivity contribution in [2.75, 3.05) is 21.3 Å². The summed E-state index contributed by atoms with van der Waals surface area (Å²) in [4.78, 5) is 15.0. The summed E-state index contributed by atoms with van der Waals surface area (Å²) < 4.78 is 30.4. The third kappa shape index (κ3) is 3.08. The fraction of sp³-hybridized carbons (Fsp3) is 0.167. The minimum Gasteiger partial charge on any atom is -0.493 e. The molecule has 0 fully saturated rings. The van der Waals surface area contributed by atoms with E-state index >= 15 is 0 Å². The van der Waals surface area contributed by atoms with Crippen LogP contribution in [-0.4, -0.2) is 30.9 Å². The Bertz CT molecular complexity index is 919. The van der Waals surface area contributed by atoms with Gasteiger partial charge >= 0.3 is 5.69 Å². The third-order valence-electron chi connectivity index (χ3n) is 3.80. The molecular formula is C18H17FN2O4. The van der Waals surface area contributed by atoms with Gasteiger partial charge in [-0.1, -0.05) is 0 Å². The topological polar surface area (TPSA) is 65.5 Å². The highest BCUT2D eigenvalue weighted by Crippen LogP contribution is 2.40. The molecule has 6 nitrogen and oxygen atoms in total. The van der Waals surface area contributed by atoms with E-state index in [4.69, 9.17) is 14.2 Å². The summed E-state index contributed by atoms with van der Waals surface area (Å²) in [5.41, 5.74) is 1.47. The Kier molecular flexibility index (Phi) is 4.47. The maximum Gasteiger partial charge on any atom is 0.330 e. The Morgan fingerprint density at radius 1 is 0.960 bits per heavy atom. The molecule has 0 atom stereocenters. The molecule has 0 radical (unpaired) electrons. The summed E-state index contributed by atoms with van der Waals surface area (Å²) in [6, 6.07) is 9.14. The molecular weight excluding hydrogens is 327 g/mol. The average Bonchev–Trinajstić information content (AvgIpc) is 3.02. The highest BCUT2D eigenvalue weighted by molar-refractivity contribution is 5.68. The predicted octanol–water partition coefficient (Wildman–Crippen LogP) is 3.00. The molecule has 3 aromatic rings. The Hall–Kier alpha value is -3.22. The molecule has 0 unspecified atom stereocenters. The largest absolute Gasteiger partial charge is 0.493 e. The summed E-state index contributed by atoms with van der Waals surface area (Å²) in [6.45, 7) is 0. The molecule has 25 heavy (non-hydrogen) atoms. The Morgan fingerprint density at radius 2 is 1.56 bits per heavy atom. The SMILES string of the molecule is COc1cc(-c2cn(-c3ccc(F)cc3)c(=O)[nH]2)cc(OC)c1OC. The highest BCUT2D eigenvalue weighted by Gasteiger charge is 2.16. The maximum absolute atomic E-state index is 13.1. The molecule has 130 valence electrons. The molecule has 1 heterocycles. The van der Waals surface area contributed by atoms with Gasteiger partial charge in [-0.3, -0.25) is 4.57 Å². The van der Waals surface area contributed by atoms with Crippen molar-refractivity contribution in [1.29, 1.82) is 0 Å². The molecule has 0 aliphatic carbocycles. The van der Waals surface area contributed by atoms with Gasteiger partial charge in [0.2, 0.25) is 5.75 Å². The van der Waals surface area contributed by atoms with Crippen molar-refractivity contribution in [3.8, 4) is 34.2 Å². The van der Waals surface area contributed by atoms with E-state index < -0.39 is 0 Å². The maximum atomic E-state index is 13.1. The van der Waals surface area contributed by atoms with Crippen LogP contribution in [0.3, 0.4) is 0 Å². The molecule has 1 aromatic heterocycles. The van der Waals surface area contributed by atoms with Gasteiger partial charge in [0.1, 0.15) is 5.82 Å². The average molecular weight is 344 g/mol. The number of halogens is 1. The minimum atomic E-state index is -0.364. The lowest BCUT2D eigenvalue weighted by Crippen LogP contribution is -2.13. The Labute approximate surface area is 143 Å². The van der Waals surface area contributed by atoms with Crippen molar-refractivity contribution >= 4 is 0 Å². The standard InChI is InChI=1S/C18H17FN2O4/c1-23-15-8-11(9-16(24-2)17(15)25-3)14-10-21(18(22)20-14)13-6-4-12(19)5-7-13/h4-10H,1-3H3,(H,20,22). The van der Waals surface area contributed by atoms with E-state index in [2.05, 4.69) is 4.98 Å². The quantitative estimate of drug-likeness (QED) is 0.773. The van der Waals surface area contributed by atoms with Crippen molar-refractivity contribution in [3.63, 3.8) is 0 Å². The Balaban J connectivity index is 2.10. The van der Waals surface area contributed by atoms with Crippen molar-refractivity contribution in [3.05, 3.63) is 58.9 Å². The molecule has 0 aliphatic rings. The zero-order chi connectivity index (χ0) is 18.0. The fourth-order valence-corrected chi connectivity index (χ4v) is 2.57. The molecule has 1 N–H and O–H groups in total. The van der Waals surface area contributed by atoms with E-state index in [-0.39, 0.29) is 11.5 Å². The highest BCUT2D eigenvalue weighted by atomic mass is 19.1. The van der Waals surface area contributed by atoms with Gasteiger partial charge < -0.3 is 19.2 Å². The van der Waals surface area contributed by atoms with Crippen LogP contribution in [0.4, 0.5) is 4.39 Å². The van der Waals surface area contributed by atoms with Gasteiger partial charge in [-0.15, -0.1) is 0 Å². The summed E-state index contributed by atoms with van der Waals surface area (Å²) in [5, 5.41) is 0. The van der Waals surface area contributed by atoms with Crippen LogP contribution in [0.1, 0.15) is 0 Å². The van der Waals surface area contributed by atoms with Gasteiger partial charge in [0.25, 0.3) is 0 Å². The van der Waals surface area contributed by atoms with Crippen LogP contribution >= 0.6 is 0 Å². The van der Waals surface area contributed by atoms with E-state index in [9.17, 15) is 9.18 Å². The number of rotatable bonds is 5. The lowest BCUT2D eigenvalue weighted by atomic mass is 10.1. The molecule has 7 heteroatoms. The number of imidazole rings is 1. The first-order chi connectivity index (χ1) is 12.1. The Morgan fingerprint density at radius 3 is 2.08 bits per heavy atom. The fourth-order valence-electron chi connectivity index (χ4n) is 2.57. The molecule has 0 bridgehead atoms. The van der Waals surface area contributed by atoms with E-state index in [1.54, 1.807) is 18.3 Å². The number of nitrogens with zero attached hydrogens (tertiary/aromatic N) is 1. The first kappa shape index (κ1) is 16.6. The van der Waals surface area contributed by atoms with E-state index in [1.807, 2.05) is 0 Å². The zero-order valence-electron chi connectivity index (χ0n) is 14.0. The van der Waals surface area contributed by atoms with E-state index in [1.165, 1.54) is 50.2 Å². The first-order valence-corrected chi connectivity index (χ1v) is 7.45. The van der Waals surface area contributed by atoms with Crippen molar-refractivity contribution < 1.29 is 18.6 Å². The number of nitrogens with one attached hydrogen (secondary N) is 1. The van der Waals surface area contributed by atoms with Crippen molar-refractivity contribution in [1.82, 2.24) is 9.55 Å². The summed E-state index contributed by atoms with van der Waals surface area (Å²) in [7, 11) is 4.56. The molecule has 0 spiro atoms. The van der Waals surface area contributed by atoms with Crippen LogP contribution in [0.15, 0.2) is 47.4 Å². The van der Waals surface area contributed by atoms with Crippen LogP contribution < -0.4 is 19.9 Å². The summed E-state index contributed by atoms with van der Waals surface area (Å²) in [5.74, 6) is 1.06. The predicted molar refractivity (Wildman–Crippen MR) is 91.4 cm³/mol. The first-order valence-electron chi connectivity index (χ1n) is 7.45. The van der Waals surface area contributed by atoms with Crippen LogP contribution in [0.2, 0.25) is 0 Å². The number of hydrogen-bond donors (Lipinski definition) is 1. The normalized spacial score (nSPS) is 10.6. The lowest BCUT2D eigenvalue weighted by Gasteiger charge is -2.13. The second kappa shape index (κ2) is 6.72.